The minimum absolute atomic E-state index is 0.105. The second-order valence-corrected chi connectivity index (χ2v) is 6.90. The normalized spacial score (nSPS) is 21.5. The van der Waals surface area contributed by atoms with E-state index < -0.39 is 0 Å². The van der Waals surface area contributed by atoms with Gasteiger partial charge in [0.25, 0.3) is 0 Å². The summed E-state index contributed by atoms with van der Waals surface area (Å²) in [5.41, 5.74) is 0.708. The Labute approximate surface area is 125 Å². The van der Waals surface area contributed by atoms with Crippen LogP contribution in [0, 0.1) is 5.92 Å². The molecule has 0 radical (unpaired) electrons. The third-order valence-electron chi connectivity index (χ3n) is 3.90. The average Bonchev–Trinajstić information content (AvgIpc) is 2.97. The first-order chi connectivity index (χ1) is 9.75. The zero-order valence-electron chi connectivity index (χ0n) is 13.2. The number of likely N-dealkylation sites (tertiary alicyclic amines) is 1. The zero-order chi connectivity index (χ0) is 15.6. The quantitative estimate of drug-likeness (QED) is 0.882. The van der Waals surface area contributed by atoms with Crippen molar-refractivity contribution in [3.05, 3.63) is 11.8 Å². The number of rotatable bonds is 4. The summed E-state index contributed by atoms with van der Waals surface area (Å²) >= 11 is 0. The molecule has 1 amide bonds. The molecule has 21 heavy (non-hydrogen) atoms. The second kappa shape index (κ2) is 6.15. The molecular formula is C15H25N3O3. The lowest BCUT2D eigenvalue weighted by molar-refractivity contribution is -0.117. The van der Waals surface area contributed by atoms with Crippen molar-refractivity contribution in [3.8, 4) is 0 Å². The number of nitrogens with zero attached hydrogens (tertiary/aromatic N) is 2. The van der Waals surface area contributed by atoms with Crippen LogP contribution in [0.15, 0.2) is 10.6 Å². The second-order valence-electron chi connectivity index (χ2n) is 6.90. The minimum atomic E-state index is -0.318. The molecule has 1 aromatic rings. The molecule has 1 aromatic heterocycles. The number of anilines is 1. The van der Waals surface area contributed by atoms with Crippen LogP contribution >= 0.6 is 0 Å². The Morgan fingerprint density at radius 1 is 1.62 bits per heavy atom. The Bertz CT molecular complexity index is 491. The zero-order valence-corrected chi connectivity index (χ0v) is 13.2. The highest BCUT2D eigenvalue weighted by Gasteiger charge is 2.27. The summed E-state index contributed by atoms with van der Waals surface area (Å²) in [4.78, 5) is 14.1. The number of aromatic nitrogens is 1. The number of aliphatic hydroxyl groups is 1. The summed E-state index contributed by atoms with van der Waals surface area (Å²) in [5.74, 6) is 0.532. The van der Waals surface area contributed by atoms with Gasteiger partial charge in [0.2, 0.25) is 11.8 Å². The molecule has 1 aliphatic heterocycles. The van der Waals surface area contributed by atoms with Gasteiger partial charge in [-0.3, -0.25) is 15.0 Å². The molecule has 2 rings (SSSR count). The van der Waals surface area contributed by atoms with E-state index in [9.17, 15) is 9.90 Å². The van der Waals surface area contributed by atoms with Crippen molar-refractivity contribution in [1.29, 1.82) is 0 Å². The number of hydrogen-bond acceptors (Lipinski definition) is 5. The number of aliphatic hydroxyl groups excluding tert-OH is 1. The third-order valence-corrected chi connectivity index (χ3v) is 3.90. The fourth-order valence-electron chi connectivity index (χ4n) is 2.47. The third kappa shape index (κ3) is 4.28. The lowest BCUT2D eigenvalue weighted by Gasteiger charge is -2.16. The van der Waals surface area contributed by atoms with Crippen LogP contribution in [0.3, 0.4) is 0 Å². The van der Waals surface area contributed by atoms with Crippen molar-refractivity contribution >= 4 is 11.8 Å². The minimum Gasteiger partial charge on any atom is -0.393 e. The van der Waals surface area contributed by atoms with Gasteiger partial charge in [-0.05, 0) is 25.8 Å². The van der Waals surface area contributed by atoms with Gasteiger partial charge in [0.1, 0.15) is 0 Å². The molecule has 6 nitrogen and oxygen atoms in total. The number of carbonyl (C=O) groups excluding carboxylic acids is 1. The molecular weight excluding hydrogens is 270 g/mol. The highest BCUT2D eigenvalue weighted by atomic mass is 16.5. The van der Waals surface area contributed by atoms with Crippen molar-refractivity contribution in [2.24, 2.45) is 5.92 Å². The maximum Gasteiger partial charge on any atom is 0.240 e. The molecule has 1 saturated heterocycles. The van der Waals surface area contributed by atoms with Crippen molar-refractivity contribution in [2.45, 2.75) is 45.6 Å². The van der Waals surface area contributed by atoms with E-state index in [1.54, 1.807) is 13.0 Å². The van der Waals surface area contributed by atoms with E-state index in [4.69, 9.17) is 4.52 Å². The smallest absolute Gasteiger partial charge is 0.240 e. The molecule has 0 aromatic carbocycles. The number of amides is 1. The molecule has 2 atom stereocenters. The molecule has 0 spiro atoms. The molecule has 2 N–H and O–H groups in total. The van der Waals surface area contributed by atoms with Gasteiger partial charge in [-0.25, -0.2) is 0 Å². The summed E-state index contributed by atoms with van der Waals surface area (Å²) in [6.07, 6.45) is 0.614. The molecule has 2 unspecified atom stereocenters. The lowest BCUT2D eigenvalue weighted by atomic mass is 9.92. The Morgan fingerprint density at radius 2 is 2.33 bits per heavy atom. The Morgan fingerprint density at radius 3 is 2.86 bits per heavy atom. The van der Waals surface area contributed by atoms with Gasteiger partial charge in [-0.2, -0.15) is 0 Å². The Hall–Kier alpha value is -1.40. The summed E-state index contributed by atoms with van der Waals surface area (Å²) in [5, 5.41) is 16.3. The number of carbonyl (C=O) groups is 1. The van der Waals surface area contributed by atoms with Crippen LogP contribution in [0.1, 0.15) is 39.8 Å². The fourth-order valence-corrected chi connectivity index (χ4v) is 2.47. The Kier molecular flexibility index (Phi) is 4.68. The number of hydrogen-bond donors (Lipinski definition) is 2. The first kappa shape index (κ1) is 16.0. The van der Waals surface area contributed by atoms with Gasteiger partial charge < -0.3 is 9.63 Å². The Balaban J connectivity index is 1.84. The van der Waals surface area contributed by atoms with Crippen molar-refractivity contribution in [3.63, 3.8) is 0 Å². The topological polar surface area (TPSA) is 78.6 Å². The van der Waals surface area contributed by atoms with Crippen LogP contribution in [-0.2, 0) is 10.2 Å². The molecule has 2 heterocycles. The van der Waals surface area contributed by atoms with Crippen LogP contribution in [0.4, 0.5) is 5.88 Å². The van der Waals surface area contributed by atoms with Crippen LogP contribution in [0.5, 0.6) is 0 Å². The van der Waals surface area contributed by atoms with E-state index >= 15 is 0 Å². The highest BCUT2D eigenvalue weighted by molar-refractivity contribution is 5.91. The standard InChI is InChI=1S/C15H25N3O3/c1-10(19)11-5-6-18(8-11)9-13(20)16-14-7-12(17-21-14)15(2,3)4/h7,10-11,19H,5-6,8-9H2,1-4H3,(H,16,20). The van der Waals surface area contributed by atoms with Crippen molar-refractivity contribution in [2.75, 3.05) is 25.0 Å². The molecule has 118 valence electrons. The van der Waals surface area contributed by atoms with E-state index in [0.717, 1.165) is 25.2 Å². The molecule has 6 heteroatoms. The van der Waals surface area contributed by atoms with Crippen LogP contribution in [0.25, 0.3) is 0 Å². The van der Waals surface area contributed by atoms with Gasteiger partial charge >= 0.3 is 0 Å². The maximum atomic E-state index is 12.0. The monoisotopic (exact) mass is 295 g/mol. The molecule has 0 bridgehead atoms. The van der Waals surface area contributed by atoms with Gasteiger partial charge in [0, 0.05) is 18.0 Å². The predicted octanol–water partition coefficient (Wildman–Crippen LogP) is 1.61. The van der Waals surface area contributed by atoms with E-state index in [1.807, 2.05) is 25.7 Å². The summed E-state index contributed by atoms with van der Waals surface area (Å²) < 4.78 is 5.15. The molecule has 0 saturated carbocycles. The summed E-state index contributed by atoms with van der Waals surface area (Å²) in [7, 11) is 0. The molecule has 1 aliphatic rings. The van der Waals surface area contributed by atoms with Gasteiger partial charge in [0.15, 0.2) is 0 Å². The first-order valence-electron chi connectivity index (χ1n) is 7.43. The van der Waals surface area contributed by atoms with Crippen molar-refractivity contribution < 1.29 is 14.4 Å². The van der Waals surface area contributed by atoms with Crippen LogP contribution in [-0.4, -0.2) is 46.8 Å². The summed E-state index contributed by atoms with van der Waals surface area (Å²) in [6, 6.07) is 1.76. The van der Waals surface area contributed by atoms with Crippen LogP contribution in [0.2, 0.25) is 0 Å². The first-order valence-corrected chi connectivity index (χ1v) is 7.43. The SMILES string of the molecule is CC(O)C1CCN(CC(=O)Nc2cc(C(C)(C)C)no2)C1. The highest BCUT2D eigenvalue weighted by Crippen LogP contribution is 2.24. The van der Waals surface area contributed by atoms with Gasteiger partial charge in [-0.1, -0.05) is 25.9 Å². The largest absolute Gasteiger partial charge is 0.393 e. The number of nitrogens with one attached hydrogen (secondary N) is 1. The van der Waals surface area contributed by atoms with Crippen molar-refractivity contribution in [1.82, 2.24) is 10.1 Å². The summed E-state index contributed by atoms with van der Waals surface area (Å²) in [6.45, 7) is 9.83. The van der Waals surface area contributed by atoms with Gasteiger partial charge in [0.05, 0.1) is 18.3 Å². The fraction of sp³-hybridized carbons (Fsp3) is 0.733. The predicted molar refractivity (Wildman–Crippen MR) is 80.1 cm³/mol. The van der Waals surface area contributed by atoms with E-state index in [0.29, 0.717) is 12.4 Å². The lowest BCUT2D eigenvalue weighted by Crippen LogP contribution is -2.32. The maximum absolute atomic E-state index is 12.0. The van der Waals surface area contributed by atoms with E-state index in [1.165, 1.54) is 0 Å². The van der Waals surface area contributed by atoms with Gasteiger partial charge in [-0.15, -0.1) is 0 Å². The van der Waals surface area contributed by atoms with E-state index in [-0.39, 0.29) is 23.3 Å². The van der Waals surface area contributed by atoms with E-state index in [2.05, 4.69) is 10.5 Å². The molecule has 0 aliphatic carbocycles. The van der Waals surface area contributed by atoms with Crippen LogP contribution < -0.4 is 5.32 Å². The molecule has 1 fully saturated rings. The average molecular weight is 295 g/mol.